The van der Waals surface area contributed by atoms with Gasteiger partial charge in [0.25, 0.3) is 0 Å². The van der Waals surface area contributed by atoms with E-state index in [9.17, 15) is 9.59 Å². The third-order valence-corrected chi connectivity index (χ3v) is 8.26. The van der Waals surface area contributed by atoms with E-state index in [0.29, 0.717) is 84.3 Å². The van der Waals surface area contributed by atoms with Crippen molar-refractivity contribution in [3.05, 3.63) is 29.8 Å². The molecule has 1 aromatic carbocycles. The van der Waals surface area contributed by atoms with E-state index in [1.807, 2.05) is 45.0 Å². The first kappa shape index (κ1) is 40.0. The smallest absolute Gasteiger partial charge is 0.315 e. The minimum Gasteiger partial charge on any atom is -0.378 e. The van der Waals surface area contributed by atoms with Gasteiger partial charge in [0.15, 0.2) is 0 Å². The van der Waals surface area contributed by atoms with E-state index < -0.39 is 0 Å². The Labute approximate surface area is 273 Å². The van der Waals surface area contributed by atoms with Crippen LogP contribution in [0.25, 0.3) is 0 Å². The van der Waals surface area contributed by atoms with Crippen LogP contribution in [0.15, 0.2) is 29.2 Å². The predicted molar refractivity (Wildman–Crippen MR) is 181 cm³/mol. The minimum atomic E-state index is -0.193. The molecule has 12 heteroatoms. The highest BCUT2D eigenvalue weighted by Gasteiger charge is 2.07. The number of ether oxygens (including phenoxy) is 4. The van der Waals surface area contributed by atoms with Crippen LogP contribution < -0.4 is 21.3 Å². The number of carbonyl (C=O) groups excluding carboxylic acids is 2. The second-order valence-electron chi connectivity index (χ2n) is 10.5. The number of hydrogen-bond acceptors (Lipinski definition) is 9. The van der Waals surface area contributed by atoms with Crippen LogP contribution in [-0.4, -0.2) is 95.8 Å². The average molecular weight is 655 g/mol. The molecular weight excluding hydrogens is 601 g/mol. The van der Waals surface area contributed by atoms with Gasteiger partial charge in [-0.2, -0.15) is 0 Å². The van der Waals surface area contributed by atoms with Gasteiger partial charge in [0.2, 0.25) is 5.91 Å². The van der Waals surface area contributed by atoms with Crippen molar-refractivity contribution in [3.8, 4) is 11.8 Å². The predicted octanol–water partition coefficient (Wildman–Crippen LogP) is 4.23. The lowest BCUT2D eigenvalue weighted by Gasteiger charge is -2.12. The molecule has 0 aliphatic heterocycles. The summed E-state index contributed by atoms with van der Waals surface area (Å²) in [6, 6.07) is 8.28. The number of hydrogen-bond donors (Lipinski definition) is 4. The molecular formula is C32H54N4O6S2. The van der Waals surface area contributed by atoms with Crippen LogP contribution in [0.5, 0.6) is 0 Å². The molecule has 0 aliphatic carbocycles. The van der Waals surface area contributed by atoms with Crippen molar-refractivity contribution in [1.29, 1.82) is 0 Å². The van der Waals surface area contributed by atoms with E-state index in [-0.39, 0.29) is 17.4 Å². The van der Waals surface area contributed by atoms with Crippen molar-refractivity contribution in [2.45, 2.75) is 70.3 Å². The molecule has 3 amide bonds. The summed E-state index contributed by atoms with van der Waals surface area (Å²) in [5, 5.41) is 11.7. The first-order valence-corrected chi connectivity index (χ1v) is 17.7. The lowest BCUT2D eigenvalue weighted by Crippen LogP contribution is -2.36. The van der Waals surface area contributed by atoms with Crippen molar-refractivity contribution < 1.29 is 28.5 Å². The maximum absolute atomic E-state index is 12.2. The van der Waals surface area contributed by atoms with Crippen LogP contribution in [0, 0.1) is 17.8 Å². The topological polar surface area (TPSA) is 119 Å². The molecule has 0 fully saturated rings. The lowest BCUT2D eigenvalue weighted by molar-refractivity contribution is -0.120. The van der Waals surface area contributed by atoms with Crippen molar-refractivity contribution in [2.75, 3.05) is 72.4 Å². The molecule has 0 aromatic heterocycles. The first-order chi connectivity index (χ1) is 21.3. The number of amides is 3. The molecule has 250 valence electrons. The van der Waals surface area contributed by atoms with Gasteiger partial charge in [0, 0.05) is 43.1 Å². The molecule has 0 spiro atoms. The van der Waals surface area contributed by atoms with Gasteiger partial charge in [-0.15, -0.1) is 0 Å². The normalized spacial score (nSPS) is 11.7. The van der Waals surface area contributed by atoms with Crippen LogP contribution in [0.3, 0.4) is 0 Å². The van der Waals surface area contributed by atoms with Gasteiger partial charge in [-0.1, -0.05) is 73.3 Å². The third kappa shape index (κ3) is 25.4. The standard InChI is InChI=1S/C32H54N4O6S2/c1-26(2)9-8-15-36-32(38)35-14-6-7-18-42-28(5)43-44-30-12-10-29(11-13-30)25-31(37)34-17-20-40-22-24-41-23-21-39-19-16-33-27(3)4/h10-13,26-28,33H,6-7,14-25H2,1-5H3,(H,34,37)(H2,35,36,38). The molecule has 44 heavy (non-hydrogen) atoms. The van der Waals surface area contributed by atoms with Gasteiger partial charge in [-0.3, -0.25) is 4.79 Å². The Morgan fingerprint density at radius 3 is 2.09 bits per heavy atom. The van der Waals surface area contributed by atoms with Crippen molar-refractivity contribution in [3.63, 3.8) is 0 Å². The molecule has 1 unspecified atom stereocenters. The molecule has 0 radical (unpaired) electrons. The zero-order valence-corrected chi connectivity index (χ0v) is 28.8. The van der Waals surface area contributed by atoms with Crippen LogP contribution >= 0.6 is 21.6 Å². The van der Waals surface area contributed by atoms with Crippen LogP contribution in [-0.2, 0) is 30.2 Å². The van der Waals surface area contributed by atoms with Crippen LogP contribution in [0.4, 0.5) is 4.79 Å². The molecule has 1 rings (SSSR count). The number of benzene rings is 1. The summed E-state index contributed by atoms with van der Waals surface area (Å²) in [5.74, 6) is 6.20. The summed E-state index contributed by atoms with van der Waals surface area (Å²) in [4.78, 5) is 25.0. The molecule has 0 bridgehead atoms. The zero-order valence-electron chi connectivity index (χ0n) is 27.2. The highest BCUT2D eigenvalue weighted by atomic mass is 33.1. The lowest BCUT2D eigenvalue weighted by atomic mass is 10.1. The Bertz CT molecular complexity index is 941. The van der Waals surface area contributed by atoms with Crippen LogP contribution in [0.1, 0.15) is 53.0 Å². The summed E-state index contributed by atoms with van der Waals surface area (Å²) < 4.78 is 22.3. The largest absolute Gasteiger partial charge is 0.378 e. The zero-order chi connectivity index (χ0) is 32.3. The summed E-state index contributed by atoms with van der Waals surface area (Å²) in [7, 11) is 3.30. The Kier molecular flexibility index (Phi) is 24.9. The second kappa shape index (κ2) is 27.3. The molecule has 0 heterocycles. The number of rotatable bonds is 25. The van der Waals surface area contributed by atoms with E-state index in [1.54, 1.807) is 21.6 Å². The summed E-state index contributed by atoms with van der Waals surface area (Å²) in [6.07, 6.45) is 2.05. The van der Waals surface area contributed by atoms with Gasteiger partial charge in [0.05, 0.1) is 52.6 Å². The Hall–Kier alpha value is -1.98. The molecule has 0 aliphatic rings. The highest BCUT2D eigenvalue weighted by Crippen LogP contribution is 2.34. The maximum atomic E-state index is 12.2. The quantitative estimate of drug-likeness (QED) is 0.0532. The molecule has 1 aromatic rings. The average Bonchev–Trinajstić information content (AvgIpc) is 2.98. The van der Waals surface area contributed by atoms with E-state index in [0.717, 1.165) is 29.8 Å². The minimum absolute atomic E-state index is 0.0301. The monoisotopic (exact) mass is 654 g/mol. The molecule has 10 nitrogen and oxygen atoms in total. The summed E-state index contributed by atoms with van der Waals surface area (Å²) in [6.45, 7) is 16.4. The molecule has 4 N–H and O–H groups in total. The highest BCUT2D eigenvalue weighted by molar-refractivity contribution is 8.76. The molecule has 0 saturated heterocycles. The third-order valence-electron chi connectivity index (χ3n) is 5.62. The Morgan fingerprint density at radius 1 is 0.773 bits per heavy atom. The molecule has 0 saturated carbocycles. The fourth-order valence-electron chi connectivity index (χ4n) is 3.41. The van der Waals surface area contributed by atoms with Gasteiger partial charge in [-0.05, 0) is 37.5 Å². The van der Waals surface area contributed by atoms with E-state index in [1.165, 1.54) is 0 Å². The van der Waals surface area contributed by atoms with Gasteiger partial charge in [0.1, 0.15) is 5.44 Å². The summed E-state index contributed by atoms with van der Waals surface area (Å²) in [5.41, 5.74) is 0.995. The Morgan fingerprint density at radius 2 is 1.43 bits per heavy atom. The fraction of sp³-hybridized carbons (Fsp3) is 0.688. The van der Waals surface area contributed by atoms with Gasteiger partial charge in [-0.25, -0.2) is 4.79 Å². The van der Waals surface area contributed by atoms with Gasteiger partial charge < -0.3 is 40.2 Å². The molecule has 1 atom stereocenters. The van der Waals surface area contributed by atoms with Crippen molar-refractivity contribution in [1.82, 2.24) is 21.3 Å². The van der Waals surface area contributed by atoms with Gasteiger partial charge >= 0.3 is 6.03 Å². The number of urea groups is 1. The number of nitrogens with one attached hydrogen (secondary N) is 4. The van der Waals surface area contributed by atoms with Crippen molar-refractivity contribution >= 4 is 33.5 Å². The maximum Gasteiger partial charge on any atom is 0.315 e. The number of unbranched alkanes of at least 4 members (excludes halogenated alkanes) is 1. The SMILES string of the molecule is CC(C)C#CCNC(=O)NCCCCOC(C)SSc1ccc(CC(=O)NCCOCCOCCOCCNC(C)C)cc1. The number of carbonyl (C=O) groups is 2. The van der Waals surface area contributed by atoms with Crippen molar-refractivity contribution in [2.24, 2.45) is 5.92 Å². The van der Waals surface area contributed by atoms with Crippen LogP contribution in [0.2, 0.25) is 0 Å². The summed E-state index contributed by atoms with van der Waals surface area (Å²) >= 11 is 0. The Balaban J connectivity index is 2.00. The van der Waals surface area contributed by atoms with E-state index in [2.05, 4.69) is 47.0 Å². The second-order valence-corrected chi connectivity index (χ2v) is 13.1. The van der Waals surface area contributed by atoms with E-state index in [4.69, 9.17) is 18.9 Å². The van der Waals surface area contributed by atoms with E-state index >= 15 is 0 Å². The fourth-order valence-corrected chi connectivity index (χ4v) is 5.29. The first-order valence-electron chi connectivity index (χ1n) is 15.5.